The Morgan fingerprint density at radius 1 is 0.650 bits per heavy atom. The maximum Gasteiger partial charge on any atom is -0.00812 e. The van der Waals surface area contributed by atoms with Crippen LogP contribution in [-0.4, -0.2) is 22.6 Å². The summed E-state index contributed by atoms with van der Waals surface area (Å²) in [5.41, 5.74) is 0. The molecule has 4 heteroatoms. The van der Waals surface area contributed by atoms with Crippen LogP contribution in [0.4, 0.5) is 0 Å². The number of rotatable bonds is 4. The van der Waals surface area contributed by atoms with Gasteiger partial charge in [-0.15, -0.1) is 0 Å². The Morgan fingerprint density at radius 3 is 0.900 bits per heavy atom. The molecule has 0 aromatic heterocycles. The lowest BCUT2D eigenvalue weighted by Crippen LogP contribution is -2.11. The van der Waals surface area contributed by atoms with Gasteiger partial charge in [-0.25, -0.2) is 0 Å². The third-order valence-electron chi connectivity index (χ3n) is 2.51. The highest BCUT2D eigenvalue weighted by Gasteiger charge is 2.22. The van der Waals surface area contributed by atoms with Crippen molar-refractivity contribution >= 4 is 44.2 Å². The molecule has 0 spiro atoms. The van der Waals surface area contributed by atoms with E-state index in [0.717, 1.165) is 11.8 Å². The van der Waals surface area contributed by atoms with E-state index in [0.29, 0.717) is 10.3 Å². The summed E-state index contributed by atoms with van der Waals surface area (Å²) >= 11 is 7.53. The van der Waals surface area contributed by atoms with Gasteiger partial charge in [-0.2, -0.15) is 0 Å². The lowest BCUT2D eigenvalue weighted by atomic mass is 10.2. The van der Waals surface area contributed by atoms with E-state index in [1.807, 2.05) is 0 Å². The van der Waals surface area contributed by atoms with Crippen molar-refractivity contribution in [3.8, 4) is 0 Å². The van der Waals surface area contributed by atoms with Crippen LogP contribution in [0.15, 0.2) is 0 Å². The minimum atomic E-state index is 0.0514. The zero-order valence-electron chi connectivity index (χ0n) is 15.2. The molecule has 0 fully saturated rings. The molecular weight excluding hydrogens is 414 g/mol. The number of hydrogen-bond donors (Lipinski definition) is 0. The van der Waals surface area contributed by atoms with Crippen molar-refractivity contribution in [2.75, 3.05) is 12.3 Å². The smallest absolute Gasteiger partial charge is 0.00812 e. The molecule has 2 atom stereocenters. The minimum Gasteiger partial charge on any atom is -0.0624 e. The Balaban J connectivity index is 0. The van der Waals surface area contributed by atoms with Crippen LogP contribution in [0.1, 0.15) is 69.2 Å². The lowest BCUT2D eigenvalue weighted by molar-refractivity contribution is 0.722. The van der Waals surface area contributed by atoms with E-state index >= 15 is 0 Å². The second-order valence-electron chi connectivity index (χ2n) is 8.22. The van der Waals surface area contributed by atoms with E-state index in [4.69, 9.17) is 0 Å². The van der Waals surface area contributed by atoms with E-state index in [-0.39, 0.29) is 13.2 Å². The van der Waals surface area contributed by atoms with Crippen molar-refractivity contribution in [3.63, 3.8) is 0 Å². The summed E-state index contributed by atoms with van der Waals surface area (Å²) in [4.78, 5) is 0. The maximum absolute atomic E-state index is 3.76. The predicted molar refractivity (Wildman–Crippen MR) is 111 cm³/mol. The fraction of sp³-hybridized carbons (Fsp3) is 1.00. The third-order valence-corrected chi connectivity index (χ3v) is 15.6. The van der Waals surface area contributed by atoms with Crippen LogP contribution in [0.5, 0.6) is 0 Å². The molecule has 0 nitrogen and oxygen atoms in total. The van der Waals surface area contributed by atoms with Gasteiger partial charge in [0, 0.05) is 0 Å². The van der Waals surface area contributed by atoms with Gasteiger partial charge in [-0.1, -0.05) is 100 Å². The Bertz CT molecular complexity index is 214. The van der Waals surface area contributed by atoms with Crippen molar-refractivity contribution in [3.05, 3.63) is 0 Å². The van der Waals surface area contributed by atoms with Gasteiger partial charge in [-0.05, 0) is 47.7 Å². The molecule has 20 heavy (non-hydrogen) atoms. The topological polar surface area (TPSA) is 0 Å². The van der Waals surface area contributed by atoms with Gasteiger partial charge in [0.25, 0.3) is 0 Å². The zero-order valence-corrected chi connectivity index (χ0v) is 20.2. The van der Waals surface area contributed by atoms with Gasteiger partial charge in [0.1, 0.15) is 0 Å². The van der Waals surface area contributed by atoms with Gasteiger partial charge in [0.15, 0.2) is 0 Å². The normalized spacial score (nSPS) is 15.9. The van der Waals surface area contributed by atoms with Crippen molar-refractivity contribution in [2.45, 2.75) is 79.5 Å². The van der Waals surface area contributed by atoms with E-state index in [1.54, 1.807) is 0 Å². The summed E-state index contributed by atoms with van der Waals surface area (Å²) in [5.74, 6) is 1.65. The average molecular weight is 450 g/mol. The van der Waals surface area contributed by atoms with Gasteiger partial charge >= 0.3 is 0 Å². The monoisotopic (exact) mass is 448 g/mol. The van der Waals surface area contributed by atoms with Gasteiger partial charge < -0.3 is 0 Å². The lowest BCUT2D eigenvalue weighted by Gasteiger charge is -2.26. The first-order valence-electron chi connectivity index (χ1n) is 7.54. The molecule has 0 heterocycles. The first-order chi connectivity index (χ1) is 8.67. The molecule has 0 bridgehead atoms. The molecule has 2 unspecified atom stereocenters. The second-order valence-corrected chi connectivity index (χ2v) is 18.2. The van der Waals surface area contributed by atoms with Gasteiger partial charge in [0.05, 0.1) is 0 Å². The molecular formula is C16H36Br2P2. The highest BCUT2D eigenvalue weighted by atomic mass is 79.9. The molecule has 0 saturated heterocycles. The SMILES string of the molecule is CC(C)CP(Br)C(C)(C)C.CC(C)CP(Br)C(C)(C)C. The maximum atomic E-state index is 3.76. The van der Waals surface area contributed by atoms with Crippen LogP contribution in [0, 0.1) is 11.8 Å². The standard InChI is InChI=1S/2C8H18BrP/c2*1-7(2)6-10(9)8(3,4)5/h2*7H,6H2,1-5H3. The van der Waals surface area contributed by atoms with Crippen LogP contribution < -0.4 is 0 Å². The first-order valence-corrected chi connectivity index (χ1v) is 14.6. The summed E-state index contributed by atoms with van der Waals surface area (Å²) in [6.45, 7) is 23.0. The summed E-state index contributed by atoms with van der Waals surface area (Å²) in [6.07, 6.45) is 2.66. The molecule has 0 rings (SSSR count). The van der Waals surface area contributed by atoms with Crippen molar-refractivity contribution in [1.82, 2.24) is 0 Å². The van der Waals surface area contributed by atoms with Gasteiger partial charge in [0.2, 0.25) is 0 Å². The molecule has 0 aliphatic rings. The molecule has 0 N–H and O–H groups in total. The first kappa shape index (κ1) is 24.1. The summed E-state index contributed by atoms with van der Waals surface area (Å²) < 4.78 is 0. The van der Waals surface area contributed by atoms with Crippen LogP contribution in [0.25, 0.3) is 0 Å². The fourth-order valence-corrected chi connectivity index (χ4v) is 7.04. The van der Waals surface area contributed by atoms with Crippen LogP contribution in [0.2, 0.25) is 0 Å². The number of halogens is 2. The molecule has 0 amide bonds. The molecule has 0 aromatic carbocycles. The molecule has 0 radical (unpaired) electrons. The molecule has 0 saturated carbocycles. The van der Waals surface area contributed by atoms with E-state index in [9.17, 15) is 0 Å². The molecule has 124 valence electrons. The Morgan fingerprint density at radius 2 is 0.850 bits per heavy atom. The Kier molecular flexibility index (Phi) is 12.7. The van der Waals surface area contributed by atoms with Crippen molar-refractivity contribution in [1.29, 1.82) is 0 Å². The van der Waals surface area contributed by atoms with Crippen LogP contribution in [-0.2, 0) is 0 Å². The quantitative estimate of drug-likeness (QED) is 0.377. The van der Waals surface area contributed by atoms with Crippen LogP contribution >= 0.6 is 44.2 Å². The minimum absolute atomic E-state index is 0.0514. The second kappa shape index (κ2) is 10.6. The molecule has 0 aliphatic carbocycles. The molecule has 0 aliphatic heterocycles. The van der Waals surface area contributed by atoms with Gasteiger partial charge in [-0.3, -0.25) is 0 Å². The highest BCUT2D eigenvalue weighted by molar-refractivity contribution is 9.39. The summed E-state index contributed by atoms with van der Waals surface area (Å²) in [7, 11) is 0. The summed E-state index contributed by atoms with van der Waals surface area (Å²) in [5, 5.41) is 0.944. The van der Waals surface area contributed by atoms with E-state index in [2.05, 4.69) is 100 Å². The summed E-state index contributed by atoms with van der Waals surface area (Å²) in [6, 6.07) is 0. The molecule has 0 aromatic rings. The average Bonchev–Trinajstić information content (AvgIpc) is 2.13. The largest absolute Gasteiger partial charge is 0.0624 e. The zero-order chi connectivity index (χ0) is 16.7. The number of hydrogen-bond acceptors (Lipinski definition) is 0. The van der Waals surface area contributed by atoms with E-state index in [1.165, 1.54) is 12.3 Å². The van der Waals surface area contributed by atoms with Crippen molar-refractivity contribution < 1.29 is 0 Å². The predicted octanol–water partition coefficient (Wildman–Crippen LogP) is 8.47. The Hall–Kier alpha value is 1.82. The van der Waals surface area contributed by atoms with Crippen LogP contribution in [0.3, 0.4) is 0 Å². The highest BCUT2D eigenvalue weighted by Crippen LogP contribution is 2.57. The van der Waals surface area contributed by atoms with Crippen molar-refractivity contribution in [2.24, 2.45) is 11.8 Å². The third kappa shape index (κ3) is 14.7. The fourth-order valence-electron chi connectivity index (χ4n) is 1.19. The Labute approximate surface area is 147 Å². The van der Waals surface area contributed by atoms with E-state index < -0.39 is 0 Å².